The number of carbonyl (C=O) groups excluding carboxylic acids is 1. The third-order valence-corrected chi connectivity index (χ3v) is 5.35. The van der Waals surface area contributed by atoms with Crippen LogP contribution in [0.15, 0.2) is 66.0 Å². The van der Waals surface area contributed by atoms with Gasteiger partial charge in [-0.15, -0.1) is 6.58 Å². The molecular formula is C23H22N2O3. The quantitative estimate of drug-likeness (QED) is 0.601. The normalized spacial score (nSPS) is 19.0. The highest BCUT2D eigenvalue weighted by Gasteiger charge is 2.32. The van der Waals surface area contributed by atoms with Crippen molar-refractivity contribution in [3.05, 3.63) is 82.7 Å². The fourth-order valence-corrected chi connectivity index (χ4v) is 3.92. The van der Waals surface area contributed by atoms with Crippen molar-refractivity contribution < 1.29 is 9.90 Å². The molecule has 3 N–H and O–H groups in total. The van der Waals surface area contributed by atoms with E-state index in [0.29, 0.717) is 11.8 Å². The zero-order valence-electron chi connectivity index (χ0n) is 15.4. The first-order valence-corrected chi connectivity index (χ1v) is 9.38. The number of aliphatic hydroxyl groups excluding tert-OH is 1. The van der Waals surface area contributed by atoms with Crippen LogP contribution < -0.4 is 10.9 Å². The Morgan fingerprint density at radius 3 is 2.71 bits per heavy atom. The summed E-state index contributed by atoms with van der Waals surface area (Å²) in [5.74, 6) is -0.446. The topological polar surface area (TPSA) is 82.2 Å². The van der Waals surface area contributed by atoms with Crippen molar-refractivity contribution in [1.29, 1.82) is 0 Å². The number of benzene rings is 2. The van der Waals surface area contributed by atoms with E-state index in [-0.39, 0.29) is 30.0 Å². The second-order valence-electron chi connectivity index (χ2n) is 7.19. The summed E-state index contributed by atoms with van der Waals surface area (Å²) in [5.41, 5.74) is 3.46. The summed E-state index contributed by atoms with van der Waals surface area (Å²) >= 11 is 0. The average molecular weight is 374 g/mol. The van der Waals surface area contributed by atoms with Crippen LogP contribution in [0.1, 0.15) is 23.5 Å². The number of allylic oxidation sites excluding steroid dienone is 1. The molecule has 2 atom stereocenters. The van der Waals surface area contributed by atoms with Gasteiger partial charge in [0.1, 0.15) is 0 Å². The number of amides is 1. The van der Waals surface area contributed by atoms with Crippen LogP contribution in [0.25, 0.3) is 22.0 Å². The number of aromatic nitrogens is 1. The molecular weight excluding hydrogens is 352 g/mol. The van der Waals surface area contributed by atoms with Crippen molar-refractivity contribution >= 4 is 16.7 Å². The molecule has 5 nitrogen and oxygen atoms in total. The molecule has 0 saturated carbocycles. The van der Waals surface area contributed by atoms with Crippen LogP contribution in [0, 0.1) is 0 Å². The van der Waals surface area contributed by atoms with Crippen molar-refractivity contribution in [3.8, 4) is 11.3 Å². The van der Waals surface area contributed by atoms with Crippen LogP contribution in [-0.4, -0.2) is 28.6 Å². The van der Waals surface area contributed by atoms with Crippen LogP contribution in [0.2, 0.25) is 0 Å². The van der Waals surface area contributed by atoms with Gasteiger partial charge in [0.2, 0.25) is 5.91 Å². The molecule has 1 aliphatic heterocycles. The first kappa shape index (κ1) is 18.2. The lowest BCUT2D eigenvalue weighted by atomic mass is 9.93. The molecule has 5 heteroatoms. The minimum atomic E-state index is -0.339. The van der Waals surface area contributed by atoms with E-state index < -0.39 is 0 Å². The Hall–Kier alpha value is -3.18. The zero-order chi connectivity index (χ0) is 19.7. The van der Waals surface area contributed by atoms with Crippen LogP contribution in [-0.2, 0) is 11.2 Å². The van der Waals surface area contributed by atoms with Gasteiger partial charge in [-0.1, -0.05) is 42.5 Å². The van der Waals surface area contributed by atoms with Gasteiger partial charge >= 0.3 is 0 Å². The first-order valence-electron chi connectivity index (χ1n) is 9.38. The van der Waals surface area contributed by atoms with Gasteiger partial charge in [0, 0.05) is 16.6 Å². The Labute approximate surface area is 162 Å². The number of nitrogens with one attached hydrogen (secondary N) is 2. The lowest BCUT2D eigenvalue weighted by Crippen LogP contribution is -2.28. The summed E-state index contributed by atoms with van der Waals surface area (Å²) in [5, 5.41) is 13.5. The predicted molar refractivity (Wildman–Crippen MR) is 110 cm³/mol. The molecule has 2 aromatic carbocycles. The highest BCUT2D eigenvalue weighted by Crippen LogP contribution is 2.30. The van der Waals surface area contributed by atoms with E-state index >= 15 is 0 Å². The third kappa shape index (κ3) is 3.25. The molecule has 1 unspecified atom stereocenters. The van der Waals surface area contributed by atoms with Crippen LogP contribution in [0.3, 0.4) is 0 Å². The second-order valence-corrected chi connectivity index (χ2v) is 7.19. The van der Waals surface area contributed by atoms with E-state index in [9.17, 15) is 14.7 Å². The lowest BCUT2D eigenvalue weighted by Gasteiger charge is -2.11. The highest BCUT2D eigenvalue weighted by atomic mass is 16.3. The molecule has 1 saturated heterocycles. The largest absolute Gasteiger partial charge is 0.394 e. The van der Waals surface area contributed by atoms with E-state index in [1.54, 1.807) is 6.07 Å². The van der Waals surface area contributed by atoms with E-state index in [0.717, 1.165) is 34.2 Å². The molecule has 28 heavy (non-hydrogen) atoms. The van der Waals surface area contributed by atoms with Gasteiger partial charge in [0.25, 0.3) is 5.56 Å². The summed E-state index contributed by atoms with van der Waals surface area (Å²) in [7, 11) is 0. The minimum Gasteiger partial charge on any atom is -0.394 e. The number of H-pyrrole nitrogens is 1. The fourth-order valence-electron chi connectivity index (χ4n) is 3.92. The van der Waals surface area contributed by atoms with E-state index in [1.165, 1.54) is 0 Å². The zero-order valence-corrected chi connectivity index (χ0v) is 15.4. The Morgan fingerprint density at radius 2 is 1.96 bits per heavy atom. The Balaban J connectivity index is 1.77. The average Bonchev–Trinajstić information content (AvgIpc) is 3.09. The van der Waals surface area contributed by atoms with Gasteiger partial charge in [-0.2, -0.15) is 0 Å². The molecule has 142 valence electrons. The summed E-state index contributed by atoms with van der Waals surface area (Å²) in [6.45, 7) is 3.72. The highest BCUT2D eigenvalue weighted by molar-refractivity contribution is 5.90. The summed E-state index contributed by atoms with van der Waals surface area (Å²) in [4.78, 5) is 28.0. The lowest BCUT2D eigenvalue weighted by molar-refractivity contribution is -0.120. The molecule has 0 bridgehead atoms. The third-order valence-electron chi connectivity index (χ3n) is 5.35. The summed E-state index contributed by atoms with van der Waals surface area (Å²) in [6.07, 6.45) is 3.10. The van der Waals surface area contributed by atoms with Gasteiger partial charge in [-0.3, -0.25) is 9.59 Å². The summed E-state index contributed by atoms with van der Waals surface area (Å²) in [6, 6.07) is 15.2. The molecule has 1 amide bonds. The van der Waals surface area contributed by atoms with E-state index in [4.69, 9.17) is 0 Å². The summed E-state index contributed by atoms with van der Waals surface area (Å²) < 4.78 is 0. The Morgan fingerprint density at radius 1 is 1.14 bits per heavy atom. The second kappa shape index (κ2) is 7.44. The molecule has 0 aliphatic carbocycles. The standard InChI is InChI=1S/C23H22N2O3/c1-2-5-14-6-3-4-7-18(14)21-11-16-9-8-15(10-19(16)23(28)25-21)20-12-17(13-26)24-22(20)27/h2-4,6-11,17,20,26H,1,5,12-13H2,(H,24,27)(H,25,28)/t17?,20-/m1/s1. The van der Waals surface area contributed by atoms with E-state index in [1.807, 2.05) is 48.5 Å². The van der Waals surface area contributed by atoms with Gasteiger partial charge < -0.3 is 15.4 Å². The smallest absolute Gasteiger partial charge is 0.256 e. The number of fused-ring (bicyclic) bond motifs is 1. The molecule has 0 spiro atoms. The number of carbonyl (C=O) groups is 1. The Bertz CT molecular complexity index is 1120. The van der Waals surface area contributed by atoms with Crippen molar-refractivity contribution in [2.45, 2.75) is 24.8 Å². The molecule has 2 heterocycles. The van der Waals surface area contributed by atoms with E-state index in [2.05, 4.69) is 16.9 Å². The molecule has 3 aromatic rings. The maximum atomic E-state index is 12.8. The molecule has 1 aliphatic rings. The van der Waals surface area contributed by atoms with Gasteiger partial charge in [-0.25, -0.2) is 0 Å². The number of aliphatic hydroxyl groups is 1. The predicted octanol–water partition coefficient (Wildman–Crippen LogP) is 2.89. The number of hydrogen-bond donors (Lipinski definition) is 3. The van der Waals surface area contributed by atoms with Gasteiger partial charge in [-0.05, 0) is 41.5 Å². The fraction of sp³-hybridized carbons (Fsp3) is 0.217. The SMILES string of the molecule is C=CCc1ccccc1-c1cc2ccc([C@H]3CC(CO)NC3=O)cc2c(=O)[nH]1. The van der Waals surface area contributed by atoms with Crippen molar-refractivity contribution in [2.75, 3.05) is 6.61 Å². The van der Waals surface area contributed by atoms with Crippen LogP contribution in [0.4, 0.5) is 0 Å². The number of rotatable bonds is 5. The van der Waals surface area contributed by atoms with Crippen LogP contribution >= 0.6 is 0 Å². The van der Waals surface area contributed by atoms with Gasteiger partial charge in [0.05, 0.1) is 18.6 Å². The van der Waals surface area contributed by atoms with Crippen molar-refractivity contribution in [3.63, 3.8) is 0 Å². The molecule has 0 radical (unpaired) electrons. The van der Waals surface area contributed by atoms with Crippen molar-refractivity contribution in [1.82, 2.24) is 10.3 Å². The maximum Gasteiger partial charge on any atom is 0.256 e. The first-order chi connectivity index (χ1) is 13.6. The van der Waals surface area contributed by atoms with Crippen LogP contribution in [0.5, 0.6) is 0 Å². The Kier molecular flexibility index (Phi) is 4.84. The number of hydrogen-bond acceptors (Lipinski definition) is 3. The van der Waals surface area contributed by atoms with Crippen molar-refractivity contribution in [2.24, 2.45) is 0 Å². The molecule has 1 aromatic heterocycles. The monoisotopic (exact) mass is 374 g/mol. The number of aromatic amines is 1. The maximum absolute atomic E-state index is 12.8. The van der Waals surface area contributed by atoms with Gasteiger partial charge in [0.15, 0.2) is 0 Å². The molecule has 1 fully saturated rings. The minimum absolute atomic E-state index is 0.0795. The molecule has 4 rings (SSSR count). The number of pyridine rings is 1.